The van der Waals surface area contributed by atoms with E-state index in [0.717, 1.165) is 17.1 Å². The fourth-order valence-corrected chi connectivity index (χ4v) is 1.90. The second-order valence-electron chi connectivity index (χ2n) is 4.24. The topological polar surface area (TPSA) is 77.6 Å². The van der Waals surface area contributed by atoms with Crippen LogP contribution in [0.1, 0.15) is 17.3 Å². The molecule has 0 fully saturated rings. The summed E-state index contributed by atoms with van der Waals surface area (Å²) >= 11 is 0. The van der Waals surface area contributed by atoms with Gasteiger partial charge >= 0.3 is 0 Å². The lowest BCUT2D eigenvalue weighted by Gasteiger charge is -2.09. The first kappa shape index (κ1) is 14.3. The minimum atomic E-state index is 0.00530. The number of aliphatic hydroxyl groups is 1. The lowest BCUT2D eigenvalue weighted by atomic mass is 10.1. The number of ether oxygens (including phenoxy) is 2. The minimum Gasteiger partial charge on any atom is -0.497 e. The zero-order chi connectivity index (χ0) is 14.4. The van der Waals surface area contributed by atoms with Crippen molar-refractivity contribution in [2.24, 2.45) is 0 Å². The lowest BCUT2D eigenvalue weighted by Crippen LogP contribution is -1.97. The summed E-state index contributed by atoms with van der Waals surface area (Å²) < 4.78 is 16.0. The summed E-state index contributed by atoms with van der Waals surface area (Å²) in [5.74, 6) is 2.60. The molecule has 6 nitrogen and oxygen atoms in total. The van der Waals surface area contributed by atoms with Gasteiger partial charge in [-0.2, -0.15) is 0 Å². The van der Waals surface area contributed by atoms with E-state index < -0.39 is 0 Å². The molecule has 0 bridgehead atoms. The van der Waals surface area contributed by atoms with E-state index >= 15 is 0 Å². The molecule has 6 heteroatoms. The van der Waals surface area contributed by atoms with Crippen molar-refractivity contribution in [2.45, 2.75) is 19.3 Å². The molecule has 0 atom stereocenters. The molecule has 0 aliphatic carbocycles. The molecule has 2 aromatic rings. The Morgan fingerprint density at radius 2 is 1.80 bits per heavy atom. The van der Waals surface area contributed by atoms with Crippen LogP contribution in [0.2, 0.25) is 0 Å². The molecule has 0 amide bonds. The van der Waals surface area contributed by atoms with Gasteiger partial charge in [-0.05, 0) is 30.2 Å². The van der Waals surface area contributed by atoms with Crippen molar-refractivity contribution in [2.75, 3.05) is 20.8 Å². The fraction of sp³-hybridized carbons (Fsp3) is 0.429. The molecule has 0 aliphatic rings. The van der Waals surface area contributed by atoms with E-state index in [1.807, 2.05) is 18.2 Å². The lowest BCUT2D eigenvalue weighted by molar-refractivity contribution is 0.283. The highest BCUT2D eigenvalue weighted by Crippen LogP contribution is 2.25. The van der Waals surface area contributed by atoms with E-state index in [4.69, 9.17) is 19.0 Å². The van der Waals surface area contributed by atoms with Gasteiger partial charge in [-0.1, -0.05) is 0 Å². The van der Waals surface area contributed by atoms with E-state index in [9.17, 15) is 0 Å². The third-order valence-corrected chi connectivity index (χ3v) is 2.93. The number of aryl methyl sites for hydroxylation is 2. The molecule has 0 radical (unpaired) electrons. The number of aromatic nitrogens is 2. The summed E-state index contributed by atoms with van der Waals surface area (Å²) in [6, 6.07) is 5.66. The van der Waals surface area contributed by atoms with Crippen LogP contribution in [0.5, 0.6) is 11.5 Å². The van der Waals surface area contributed by atoms with Crippen LogP contribution < -0.4 is 9.47 Å². The molecular formula is C14H18N2O4. The predicted molar refractivity (Wildman–Crippen MR) is 72.0 cm³/mol. The van der Waals surface area contributed by atoms with Gasteiger partial charge in [0, 0.05) is 12.8 Å². The summed E-state index contributed by atoms with van der Waals surface area (Å²) in [5, 5.41) is 16.6. The molecule has 1 heterocycles. The Bertz CT molecular complexity index is 554. The van der Waals surface area contributed by atoms with Gasteiger partial charge in [0.1, 0.15) is 11.5 Å². The van der Waals surface area contributed by atoms with Crippen LogP contribution >= 0.6 is 0 Å². The highest BCUT2D eigenvalue weighted by atomic mass is 16.5. The zero-order valence-electron chi connectivity index (χ0n) is 11.6. The summed E-state index contributed by atoms with van der Waals surface area (Å²) in [6.07, 6.45) is 1.71. The summed E-state index contributed by atoms with van der Waals surface area (Å²) in [7, 11) is 3.27. The van der Waals surface area contributed by atoms with Crippen LogP contribution in [0.25, 0.3) is 0 Å². The van der Waals surface area contributed by atoms with Crippen LogP contribution in [0.4, 0.5) is 0 Å². The molecule has 108 valence electrons. The van der Waals surface area contributed by atoms with Crippen molar-refractivity contribution in [1.29, 1.82) is 0 Å². The standard InChI is InChI=1S/C14H18N2O4/c1-18-11-4-5-12(19-2)10(9-11)3-6-13-15-16-14(20-13)7-8-17/h4-5,9,17H,3,6-8H2,1-2H3. The number of hydrogen-bond acceptors (Lipinski definition) is 6. The Hall–Kier alpha value is -2.08. The minimum absolute atomic E-state index is 0.00530. The van der Waals surface area contributed by atoms with Crippen molar-refractivity contribution in [3.8, 4) is 11.5 Å². The van der Waals surface area contributed by atoms with Crippen LogP contribution in [-0.2, 0) is 19.3 Å². The Balaban J connectivity index is 2.05. The van der Waals surface area contributed by atoms with Gasteiger partial charge in [0.2, 0.25) is 11.8 Å². The highest BCUT2D eigenvalue weighted by molar-refractivity contribution is 5.40. The van der Waals surface area contributed by atoms with E-state index in [-0.39, 0.29) is 6.61 Å². The maximum absolute atomic E-state index is 8.80. The first-order valence-corrected chi connectivity index (χ1v) is 6.40. The smallest absolute Gasteiger partial charge is 0.218 e. The fourth-order valence-electron chi connectivity index (χ4n) is 1.90. The van der Waals surface area contributed by atoms with Gasteiger partial charge in [0.15, 0.2) is 0 Å². The Morgan fingerprint density at radius 1 is 1.05 bits per heavy atom. The largest absolute Gasteiger partial charge is 0.497 e. The third kappa shape index (κ3) is 3.48. The Labute approximate surface area is 117 Å². The molecule has 1 N–H and O–H groups in total. The van der Waals surface area contributed by atoms with E-state index in [0.29, 0.717) is 31.0 Å². The molecule has 0 aliphatic heterocycles. The number of aliphatic hydroxyl groups excluding tert-OH is 1. The number of methoxy groups -OCH3 is 2. The van der Waals surface area contributed by atoms with Crippen LogP contribution in [-0.4, -0.2) is 36.1 Å². The highest BCUT2D eigenvalue weighted by Gasteiger charge is 2.09. The zero-order valence-corrected chi connectivity index (χ0v) is 11.6. The molecule has 0 saturated carbocycles. The second-order valence-corrected chi connectivity index (χ2v) is 4.24. The average Bonchev–Trinajstić information content (AvgIpc) is 2.93. The maximum atomic E-state index is 8.80. The molecule has 2 rings (SSSR count). The van der Waals surface area contributed by atoms with Gasteiger partial charge in [-0.3, -0.25) is 0 Å². The van der Waals surface area contributed by atoms with Crippen LogP contribution in [0.3, 0.4) is 0 Å². The molecule has 1 aromatic heterocycles. The number of rotatable bonds is 7. The summed E-state index contributed by atoms with van der Waals surface area (Å²) in [6.45, 7) is 0.00530. The third-order valence-electron chi connectivity index (χ3n) is 2.93. The van der Waals surface area contributed by atoms with Crippen molar-refractivity contribution in [3.05, 3.63) is 35.5 Å². The number of hydrogen-bond donors (Lipinski definition) is 1. The summed E-state index contributed by atoms with van der Waals surface area (Å²) in [4.78, 5) is 0. The average molecular weight is 278 g/mol. The normalized spacial score (nSPS) is 10.6. The Kier molecular flexibility index (Phi) is 4.95. The van der Waals surface area contributed by atoms with Crippen molar-refractivity contribution in [3.63, 3.8) is 0 Å². The van der Waals surface area contributed by atoms with Crippen molar-refractivity contribution in [1.82, 2.24) is 10.2 Å². The Morgan fingerprint density at radius 3 is 2.45 bits per heavy atom. The first-order valence-electron chi connectivity index (χ1n) is 6.40. The predicted octanol–water partition coefficient (Wildman–Crippen LogP) is 1.41. The van der Waals surface area contributed by atoms with E-state index in [1.165, 1.54) is 0 Å². The quantitative estimate of drug-likeness (QED) is 0.825. The van der Waals surface area contributed by atoms with Gasteiger partial charge in [-0.15, -0.1) is 10.2 Å². The SMILES string of the molecule is COc1ccc(OC)c(CCc2nnc(CCO)o2)c1. The molecule has 0 unspecified atom stereocenters. The first-order chi connectivity index (χ1) is 9.76. The van der Waals surface area contributed by atoms with Gasteiger partial charge in [-0.25, -0.2) is 0 Å². The van der Waals surface area contributed by atoms with Crippen molar-refractivity contribution >= 4 is 0 Å². The second kappa shape index (κ2) is 6.91. The van der Waals surface area contributed by atoms with E-state index in [1.54, 1.807) is 14.2 Å². The van der Waals surface area contributed by atoms with E-state index in [2.05, 4.69) is 10.2 Å². The molecule has 0 spiro atoms. The monoisotopic (exact) mass is 278 g/mol. The van der Waals surface area contributed by atoms with Crippen LogP contribution in [0, 0.1) is 0 Å². The van der Waals surface area contributed by atoms with Gasteiger partial charge < -0.3 is 19.0 Å². The maximum Gasteiger partial charge on any atom is 0.218 e. The molecular weight excluding hydrogens is 260 g/mol. The summed E-state index contributed by atoms with van der Waals surface area (Å²) in [5.41, 5.74) is 1.02. The molecule has 20 heavy (non-hydrogen) atoms. The van der Waals surface area contributed by atoms with Gasteiger partial charge in [0.05, 0.1) is 20.8 Å². The molecule has 1 aromatic carbocycles. The van der Waals surface area contributed by atoms with Gasteiger partial charge in [0.25, 0.3) is 0 Å². The number of nitrogens with zero attached hydrogens (tertiary/aromatic N) is 2. The molecule has 0 saturated heterocycles. The van der Waals surface area contributed by atoms with Crippen LogP contribution in [0.15, 0.2) is 22.6 Å². The van der Waals surface area contributed by atoms with Crippen molar-refractivity contribution < 1.29 is 19.0 Å². The number of benzene rings is 1.